The Morgan fingerprint density at radius 3 is 3.12 bits per heavy atom. The minimum atomic E-state index is 0.626. The number of nitrogens with zero attached hydrogens (tertiary/aromatic N) is 2. The molecule has 0 aromatic carbocycles. The number of hydrogen-bond donors (Lipinski definition) is 1. The van der Waals surface area contributed by atoms with E-state index >= 15 is 0 Å². The third kappa shape index (κ3) is 3.48. The summed E-state index contributed by atoms with van der Waals surface area (Å²) in [5.74, 6) is 1.93. The van der Waals surface area contributed by atoms with Crippen LogP contribution >= 0.6 is 0 Å². The normalized spacial score (nSPS) is 24.8. The van der Waals surface area contributed by atoms with Crippen LogP contribution in [0.4, 0.5) is 5.95 Å². The van der Waals surface area contributed by atoms with Crippen LogP contribution in [0.1, 0.15) is 52.4 Å². The average Bonchev–Trinajstić information content (AvgIpc) is 2.74. The van der Waals surface area contributed by atoms with Crippen molar-refractivity contribution in [2.75, 3.05) is 5.32 Å². The highest BCUT2D eigenvalue weighted by atomic mass is 15.2. The zero-order valence-electron chi connectivity index (χ0n) is 11.2. The molecule has 1 heterocycles. The monoisotopic (exact) mass is 235 g/mol. The first kappa shape index (κ1) is 12.5. The molecule has 0 amide bonds. The lowest BCUT2D eigenvalue weighted by atomic mass is 9.87. The molecule has 17 heavy (non-hydrogen) atoms. The van der Waals surface area contributed by atoms with Crippen LogP contribution in [0, 0.1) is 5.92 Å². The largest absolute Gasteiger partial charge is 0.353 e. The van der Waals surface area contributed by atoms with E-state index < -0.39 is 0 Å². The molecule has 0 saturated heterocycles. The molecular weight excluding hydrogens is 210 g/mol. The maximum absolute atomic E-state index is 4.44. The van der Waals surface area contributed by atoms with Crippen molar-refractivity contribution in [1.29, 1.82) is 0 Å². The van der Waals surface area contributed by atoms with Gasteiger partial charge in [-0.3, -0.25) is 0 Å². The van der Waals surface area contributed by atoms with Gasteiger partial charge in [-0.15, -0.1) is 0 Å². The number of unbranched alkanes of at least 4 members (excludes halogenated alkanes) is 1. The van der Waals surface area contributed by atoms with Crippen molar-refractivity contribution < 1.29 is 0 Å². The van der Waals surface area contributed by atoms with Crippen LogP contribution in [0.25, 0.3) is 0 Å². The van der Waals surface area contributed by atoms with E-state index in [-0.39, 0.29) is 0 Å². The molecule has 2 unspecified atom stereocenters. The van der Waals surface area contributed by atoms with Crippen LogP contribution in [0.3, 0.4) is 0 Å². The van der Waals surface area contributed by atoms with Gasteiger partial charge < -0.3 is 9.88 Å². The molecule has 0 spiro atoms. The van der Waals surface area contributed by atoms with Crippen LogP contribution in [0.2, 0.25) is 0 Å². The first-order valence-corrected chi connectivity index (χ1v) is 7.07. The van der Waals surface area contributed by atoms with Gasteiger partial charge in [0.2, 0.25) is 5.95 Å². The first-order chi connectivity index (χ1) is 8.29. The molecular formula is C14H25N3. The fourth-order valence-corrected chi connectivity index (χ4v) is 2.71. The van der Waals surface area contributed by atoms with Gasteiger partial charge in [0.1, 0.15) is 0 Å². The Kier molecular flexibility index (Phi) is 4.46. The van der Waals surface area contributed by atoms with E-state index in [1.54, 1.807) is 0 Å². The van der Waals surface area contributed by atoms with E-state index in [4.69, 9.17) is 0 Å². The Hall–Kier alpha value is -0.990. The Morgan fingerprint density at radius 1 is 1.47 bits per heavy atom. The van der Waals surface area contributed by atoms with Crippen molar-refractivity contribution >= 4 is 5.95 Å². The summed E-state index contributed by atoms with van der Waals surface area (Å²) in [6.45, 7) is 5.67. The van der Waals surface area contributed by atoms with Crippen LogP contribution in [0.15, 0.2) is 12.4 Å². The number of hydrogen-bond acceptors (Lipinski definition) is 2. The zero-order valence-corrected chi connectivity index (χ0v) is 11.2. The maximum Gasteiger partial charge on any atom is 0.202 e. The minimum absolute atomic E-state index is 0.626. The van der Waals surface area contributed by atoms with E-state index in [1.807, 2.05) is 6.20 Å². The fraction of sp³-hybridized carbons (Fsp3) is 0.786. The third-order valence-corrected chi connectivity index (χ3v) is 3.74. The van der Waals surface area contributed by atoms with Crippen molar-refractivity contribution in [3.05, 3.63) is 12.4 Å². The summed E-state index contributed by atoms with van der Waals surface area (Å²) < 4.78 is 2.25. The molecule has 3 heteroatoms. The highest BCUT2D eigenvalue weighted by Crippen LogP contribution is 2.25. The van der Waals surface area contributed by atoms with Crippen LogP contribution < -0.4 is 5.32 Å². The lowest BCUT2D eigenvalue weighted by Gasteiger charge is -2.28. The van der Waals surface area contributed by atoms with Gasteiger partial charge in [-0.05, 0) is 25.2 Å². The summed E-state index contributed by atoms with van der Waals surface area (Å²) in [4.78, 5) is 4.44. The van der Waals surface area contributed by atoms with Crippen molar-refractivity contribution in [2.45, 2.75) is 65.0 Å². The molecule has 1 N–H and O–H groups in total. The molecule has 3 nitrogen and oxygen atoms in total. The topological polar surface area (TPSA) is 29.9 Å². The van der Waals surface area contributed by atoms with Gasteiger partial charge in [-0.1, -0.05) is 33.1 Å². The molecule has 0 aliphatic heterocycles. The van der Waals surface area contributed by atoms with Crippen LogP contribution in [0.5, 0.6) is 0 Å². The second kappa shape index (κ2) is 6.08. The van der Waals surface area contributed by atoms with Crippen molar-refractivity contribution in [3.8, 4) is 0 Å². The second-order valence-corrected chi connectivity index (χ2v) is 5.41. The first-order valence-electron chi connectivity index (χ1n) is 7.07. The number of imidazole rings is 1. The van der Waals surface area contributed by atoms with Crippen molar-refractivity contribution in [1.82, 2.24) is 9.55 Å². The Labute approximate surface area is 105 Å². The number of aryl methyl sites for hydroxylation is 1. The summed E-state index contributed by atoms with van der Waals surface area (Å²) in [7, 11) is 0. The summed E-state index contributed by atoms with van der Waals surface area (Å²) in [6.07, 6.45) is 11.8. The van der Waals surface area contributed by atoms with Crippen molar-refractivity contribution in [2.24, 2.45) is 5.92 Å². The second-order valence-electron chi connectivity index (χ2n) is 5.41. The Balaban J connectivity index is 1.91. The van der Waals surface area contributed by atoms with Gasteiger partial charge in [-0.2, -0.15) is 0 Å². The highest BCUT2D eigenvalue weighted by Gasteiger charge is 2.19. The van der Waals surface area contributed by atoms with Gasteiger partial charge in [0, 0.05) is 25.0 Å². The molecule has 96 valence electrons. The number of aromatic nitrogens is 2. The molecule has 1 aliphatic carbocycles. The molecule has 2 rings (SSSR count). The van der Waals surface area contributed by atoms with E-state index in [0.29, 0.717) is 6.04 Å². The lowest BCUT2D eigenvalue weighted by Crippen LogP contribution is -2.27. The summed E-state index contributed by atoms with van der Waals surface area (Å²) in [6, 6.07) is 0.626. The standard InChI is InChI=1S/C14H25N3/c1-3-4-9-17-10-8-15-14(17)16-13-7-5-6-12(2)11-13/h8,10,12-13H,3-7,9,11H2,1-2H3,(H,15,16). The predicted octanol–water partition coefficient (Wildman–Crippen LogP) is 3.67. The number of anilines is 1. The van der Waals surface area contributed by atoms with Crippen LogP contribution in [-0.2, 0) is 6.54 Å². The van der Waals surface area contributed by atoms with E-state index in [1.165, 1.54) is 38.5 Å². The van der Waals surface area contributed by atoms with Gasteiger partial charge in [0.15, 0.2) is 0 Å². The van der Waals surface area contributed by atoms with Gasteiger partial charge in [-0.25, -0.2) is 4.98 Å². The minimum Gasteiger partial charge on any atom is -0.353 e. The van der Waals surface area contributed by atoms with Gasteiger partial charge >= 0.3 is 0 Å². The molecule has 0 radical (unpaired) electrons. The smallest absolute Gasteiger partial charge is 0.202 e. The maximum atomic E-state index is 4.44. The molecule has 1 fully saturated rings. The average molecular weight is 235 g/mol. The molecule has 0 bridgehead atoms. The summed E-state index contributed by atoms with van der Waals surface area (Å²) in [5, 5.41) is 3.62. The van der Waals surface area contributed by atoms with E-state index in [2.05, 4.69) is 34.9 Å². The molecule has 1 saturated carbocycles. The predicted molar refractivity (Wildman–Crippen MR) is 72.2 cm³/mol. The summed E-state index contributed by atoms with van der Waals surface area (Å²) >= 11 is 0. The Bertz CT molecular complexity index is 332. The van der Waals surface area contributed by atoms with Gasteiger partial charge in [0.25, 0.3) is 0 Å². The van der Waals surface area contributed by atoms with Crippen LogP contribution in [-0.4, -0.2) is 15.6 Å². The fourth-order valence-electron chi connectivity index (χ4n) is 2.71. The third-order valence-electron chi connectivity index (χ3n) is 3.74. The molecule has 2 atom stereocenters. The lowest BCUT2D eigenvalue weighted by molar-refractivity contribution is 0.357. The molecule has 1 aromatic heterocycles. The molecule has 1 aromatic rings. The van der Waals surface area contributed by atoms with Crippen molar-refractivity contribution in [3.63, 3.8) is 0 Å². The summed E-state index contributed by atoms with van der Waals surface area (Å²) in [5.41, 5.74) is 0. The number of nitrogens with one attached hydrogen (secondary N) is 1. The quantitative estimate of drug-likeness (QED) is 0.844. The Morgan fingerprint density at radius 2 is 2.35 bits per heavy atom. The van der Waals surface area contributed by atoms with Gasteiger partial charge in [0.05, 0.1) is 0 Å². The highest BCUT2D eigenvalue weighted by molar-refractivity contribution is 5.27. The zero-order chi connectivity index (χ0) is 12.1. The van der Waals surface area contributed by atoms with E-state index in [0.717, 1.165) is 18.4 Å². The molecule has 1 aliphatic rings. The van der Waals surface area contributed by atoms with E-state index in [9.17, 15) is 0 Å². The number of rotatable bonds is 5. The SMILES string of the molecule is CCCCn1ccnc1NC1CCCC(C)C1.